The van der Waals surface area contributed by atoms with Crippen molar-refractivity contribution in [2.45, 2.75) is 55.3 Å². The molecule has 1 aromatic rings. The molecular formula is C17H23IO2. The molecule has 1 aromatic carbocycles. The number of aryl methyl sites for hydroxylation is 1. The van der Waals surface area contributed by atoms with E-state index in [1.165, 1.54) is 38.5 Å². The molecule has 20 heavy (non-hydrogen) atoms. The lowest BCUT2D eigenvalue weighted by Crippen LogP contribution is -2.15. The van der Waals surface area contributed by atoms with E-state index >= 15 is 0 Å². The Morgan fingerprint density at radius 1 is 1.00 bits per heavy atom. The van der Waals surface area contributed by atoms with Gasteiger partial charge in [-0.05, 0) is 30.9 Å². The minimum Gasteiger partial charge on any atom is -0.461 e. The van der Waals surface area contributed by atoms with Gasteiger partial charge in [-0.25, -0.2) is 4.79 Å². The third-order valence-electron chi connectivity index (χ3n) is 3.85. The maximum Gasteiger partial charge on any atom is 0.338 e. The topological polar surface area (TPSA) is 26.3 Å². The Morgan fingerprint density at radius 2 is 1.70 bits per heavy atom. The Morgan fingerprint density at radius 3 is 2.55 bits per heavy atom. The van der Waals surface area contributed by atoms with Gasteiger partial charge in [0.05, 0.1) is 5.56 Å². The van der Waals surface area contributed by atoms with Crippen molar-refractivity contribution in [2.75, 3.05) is 6.61 Å². The number of carbonyl (C=O) groups excluding carboxylic acids is 1. The lowest BCUT2D eigenvalue weighted by Gasteiger charge is -2.14. The summed E-state index contributed by atoms with van der Waals surface area (Å²) < 4.78 is 5.92. The van der Waals surface area contributed by atoms with Crippen LogP contribution in [0.3, 0.4) is 0 Å². The van der Waals surface area contributed by atoms with Crippen LogP contribution in [0.25, 0.3) is 0 Å². The first-order valence-corrected chi connectivity index (χ1v) is 8.91. The van der Waals surface area contributed by atoms with Crippen LogP contribution in [0.2, 0.25) is 0 Å². The zero-order valence-corrected chi connectivity index (χ0v) is 14.1. The molecule has 0 spiro atoms. The summed E-state index contributed by atoms with van der Waals surface area (Å²) in [6.07, 6.45) is 9.78. The number of rotatable bonds is 0. The number of ether oxygens (including phenoxy) is 1. The summed E-state index contributed by atoms with van der Waals surface area (Å²) in [5.41, 5.74) is 1.90. The molecule has 0 saturated heterocycles. The standard InChI is InChI=1S/C17H23IO2/c18-15-11-6-4-2-1-3-5-9-14-10-7-8-12-16(14)17(19)20-13-15/h7-8,10,12,15H,1-6,9,11,13H2. The summed E-state index contributed by atoms with van der Waals surface area (Å²) in [6, 6.07) is 7.89. The Kier molecular flexibility index (Phi) is 6.83. The second kappa shape index (κ2) is 8.65. The van der Waals surface area contributed by atoms with Crippen molar-refractivity contribution in [3.63, 3.8) is 0 Å². The molecule has 0 aromatic heterocycles. The number of benzene rings is 1. The van der Waals surface area contributed by atoms with Crippen LogP contribution < -0.4 is 0 Å². The third-order valence-corrected chi connectivity index (χ3v) is 4.83. The highest BCUT2D eigenvalue weighted by Gasteiger charge is 2.14. The minimum absolute atomic E-state index is 0.153. The summed E-state index contributed by atoms with van der Waals surface area (Å²) in [4.78, 5) is 12.2. The molecule has 2 rings (SSSR count). The Labute approximate surface area is 135 Å². The van der Waals surface area contributed by atoms with Gasteiger partial charge in [0.15, 0.2) is 0 Å². The molecule has 1 heterocycles. The van der Waals surface area contributed by atoms with Gasteiger partial charge in [0.1, 0.15) is 6.61 Å². The quantitative estimate of drug-likeness (QED) is 0.359. The van der Waals surface area contributed by atoms with E-state index in [0.29, 0.717) is 10.5 Å². The molecule has 2 nitrogen and oxygen atoms in total. The van der Waals surface area contributed by atoms with E-state index in [2.05, 4.69) is 28.7 Å². The van der Waals surface area contributed by atoms with Crippen LogP contribution in [0, 0.1) is 0 Å². The van der Waals surface area contributed by atoms with Crippen LogP contribution in [0.4, 0.5) is 0 Å². The number of carbonyl (C=O) groups is 1. The van der Waals surface area contributed by atoms with Crippen molar-refractivity contribution in [3.8, 4) is 0 Å². The molecule has 0 bridgehead atoms. The summed E-state index contributed by atoms with van der Waals surface area (Å²) in [6.45, 7) is 0.535. The van der Waals surface area contributed by atoms with Gasteiger partial charge < -0.3 is 4.74 Å². The Hall–Kier alpha value is -0.580. The van der Waals surface area contributed by atoms with Gasteiger partial charge in [0, 0.05) is 3.92 Å². The zero-order valence-electron chi connectivity index (χ0n) is 11.9. The summed E-state index contributed by atoms with van der Waals surface area (Å²) in [5, 5.41) is 0. The molecule has 1 aliphatic heterocycles. The Bertz CT molecular complexity index is 431. The van der Waals surface area contributed by atoms with E-state index in [1.807, 2.05) is 18.2 Å². The van der Waals surface area contributed by atoms with Crippen molar-refractivity contribution in [1.29, 1.82) is 0 Å². The first-order chi connectivity index (χ1) is 9.77. The number of fused-ring (bicyclic) bond motifs is 1. The summed E-state index contributed by atoms with van der Waals surface area (Å²) in [5.74, 6) is -0.153. The van der Waals surface area contributed by atoms with Crippen LogP contribution >= 0.6 is 22.6 Å². The number of hydrogen-bond acceptors (Lipinski definition) is 2. The van der Waals surface area contributed by atoms with Gasteiger partial charge in [0.2, 0.25) is 0 Å². The molecule has 0 radical (unpaired) electrons. The molecule has 0 fully saturated rings. The van der Waals surface area contributed by atoms with Crippen LogP contribution in [0.1, 0.15) is 60.9 Å². The van der Waals surface area contributed by atoms with Gasteiger partial charge in [-0.2, -0.15) is 0 Å². The number of cyclic esters (lactones) is 1. The molecule has 0 aliphatic carbocycles. The van der Waals surface area contributed by atoms with Gasteiger partial charge in [0.25, 0.3) is 0 Å². The molecule has 0 amide bonds. The van der Waals surface area contributed by atoms with Crippen molar-refractivity contribution < 1.29 is 9.53 Å². The average Bonchev–Trinajstić information content (AvgIpc) is 2.47. The predicted octanol–water partition coefficient (Wildman–Crippen LogP) is 4.93. The van der Waals surface area contributed by atoms with Crippen LogP contribution in [0.15, 0.2) is 24.3 Å². The highest BCUT2D eigenvalue weighted by atomic mass is 127. The normalized spacial score (nSPS) is 22.4. The summed E-state index contributed by atoms with van der Waals surface area (Å²) in [7, 11) is 0. The highest BCUT2D eigenvalue weighted by molar-refractivity contribution is 14.1. The fraction of sp³-hybridized carbons (Fsp3) is 0.588. The molecule has 1 aliphatic rings. The van der Waals surface area contributed by atoms with E-state index < -0.39 is 0 Å². The maximum atomic E-state index is 12.2. The van der Waals surface area contributed by atoms with Gasteiger partial charge >= 0.3 is 5.97 Å². The lowest BCUT2D eigenvalue weighted by atomic mass is 10.00. The maximum absolute atomic E-state index is 12.2. The zero-order chi connectivity index (χ0) is 14.2. The number of alkyl halides is 1. The third kappa shape index (κ3) is 5.08. The first kappa shape index (κ1) is 15.8. The molecule has 1 atom stereocenters. The van der Waals surface area contributed by atoms with Crippen LogP contribution in [-0.2, 0) is 11.2 Å². The van der Waals surface area contributed by atoms with E-state index in [-0.39, 0.29) is 5.97 Å². The fourth-order valence-corrected chi connectivity index (χ4v) is 3.27. The van der Waals surface area contributed by atoms with Crippen molar-refractivity contribution in [2.24, 2.45) is 0 Å². The van der Waals surface area contributed by atoms with E-state index in [4.69, 9.17) is 4.74 Å². The fourth-order valence-electron chi connectivity index (χ4n) is 2.65. The smallest absolute Gasteiger partial charge is 0.338 e. The first-order valence-electron chi connectivity index (χ1n) is 7.66. The number of halogens is 1. The van der Waals surface area contributed by atoms with Gasteiger partial charge in [-0.3, -0.25) is 0 Å². The predicted molar refractivity (Wildman–Crippen MR) is 90.6 cm³/mol. The highest BCUT2D eigenvalue weighted by Crippen LogP contribution is 2.19. The van der Waals surface area contributed by atoms with E-state index in [9.17, 15) is 4.79 Å². The molecule has 0 saturated carbocycles. The van der Waals surface area contributed by atoms with E-state index in [1.54, 1.807) is 0 Å². The average molecular weight is 386 g/mol. The minimum atomic E-state index is -0.153. The van der Waals surface area contributed by atoms with Gasteiger partial charge in [-0.15, -0.1) is 0 Å². The molecular weight excluding hydrogens is 363 g/mol. The van der Waals surface area contributed by atoms with E-state index in [0.717, 1.165) is 24.0 Å². The number of esters is 1. The second-order valence-corrected chi connectivity index (χ2v) is 7.27. The van der Waals surface area contributed by atoms with Crippen molar-refractivity contribution in [3.05, 3.63) is 35.4 Å². The monoisotopic (exact) mass is 386 g/mol. The lowest BCUT2D eigenvalue weighted by molar-refractivity contribution is 0.0506. The largest absolute Gasteiger partial charge is 0.461 e. The van der Waals surface area contributed by atoms with Crippen molar-refractivity contribution in [1.82, 2.24) is 0 Å². The Balaban J connectivity index is 2.06. The number of hydrogen-bond donors (Lipinski definition) is 0. The molecule has 110 valence electrons. The van der Waals surface area contributed by atoms with Gasteiger partial charge in [-0.1, -0.05) is 72.9 Å². The molecule has 3 heteroatoms. The van der Waals surface area contributed by atoms with Crippen LogP contribution in [-0.4, -0.2) is 16.5 Å². The van der Waals surface area contributed by atoms with Crippen LogP contribution in [0.5, 0.6) is 0 Å². The SMILES string of the molecule is O=C1OCC(I)CCCCCCCCc2ccccc21. The molecule has 0 N–H and O–H groups in total. The summed E-state index contributed by atoms with van der Waals surface area (Å²) >= 11 is 2.40. The second-order valence-electron chi connectivity index (χ2n) is 5.51. The van der Waals surface area contributed by atoms with Crippen molar-refractivity contribution >= 4 is 28.6 Å². The molecule has 1 unspecified atom stereocenters.